The van der Waals surface area contributed by atoms with Gasteiger partial charge in [0.1, 0.15) is 11.5 Å². The van der Waals surface area contributed by atoms with Gasteiger partial charge in [-0.05, 0) is 29.2 Å². The Kier molecular flexibility index (Phi) is 2.93. The monoisotopic (exact) mass is 342 g/mol. The average Bonchev–Trinajstić information content (AvgIpc) is 2.50. The fourth-order valence-corrected chi connectivity index (χ4v) is 4.19. The van der Waals surface area contributed by atoms with Gasteiger partial charge in [0, 0.05) is 0 Å². The number of alkyl halides is 1. The molecule has 1 aliphatic carbocycles. The minimum Gasteiger partial charge on any atom is -0.459 e. The number of ether oxygens (including phenoxy) is 1. The highest BCUT2D eigenvalue weighted by Crippen LogP contribution is 2.48. The largest absolute Gasteiger partial charge is 0.459 e. The maximum absolute atomic E-state index is 12.1. The lowest BCUT2D eigenvalue weighted by Gasteiger charge is -2.49. The van der Waals surface area contributed by atoms with Crippen molar-refractivity contribution in [2.24, 2.45) is 5.41 Å². The van der Waals surface area contributed by atoms with Gasteiger partial charge in [0.05, 0.1) is 4.83 Å². The van der Waals surface area contributed by atoms with E-state index in [0.717, 1.165) is 6.42 Å². The minimum absolute atomic E-state index is 0.0403. The van der Waals surface area contributed by atoms with Crippen LogP contribution in [0.25, 0.3) is 10.8 Å². The van der Waals surface area contributed by atoms with Gasteiger partial charge < -0.3 is 4.74 Å². The van der Waals surface area contributed by atoms with Gasteiger partial charge in [-0.25, -0.2) is 0 Å². The first kappa shape index (κ1) is 13.1. The number of carbonyl (C=O) groups is 1. The van der Waals surface area contributed by atoms with Crippen LogP contribution >= 0.6 is 15.9 Å². The molecule has 2 nitrogen and oxygen atoms in total. The summed E-state index contributed by atoms with van der Waals surface area (Å²) in [6, 6.07) is 14.7. The standard InChI is InChI=1S/C18H15BrO2/c19-15-6-3-9-18(16(15)21-17(18)20)11-12-7-8-13-4-1-2-5-14(13)10-12/h1-5,7-10,15-16H,6,11H2/t15-,16+,18+/m0/s1. The molecule has 1 heterocycles. The van der Waals surface area contributed by atoms with Crippen LogP contribution in [0.2, 0.25) is 0 Å². The van der Waals surface area contributed by atoms with E-state index in [9.17, 15) is 4.79 Å². The summed E-state index contributed by atoms with van der Waals surface area (Å²) in [7, 11) is 0. The summed E-state index contributed by atoms with van der Waals surface area (Å²) in [4.78, 5) is 12.3. The highest BCUT2D eigenvalue weighted by atomic mass is 79.9. The molecule has 0 bridgehead atoms. The highest BCUT2D eigenvalue weighted by molar-refractivity contribution is 9.09. The van der Waals surface area contributed by atoms with E-state index >= 15 is 0 Å². The lowest BCUT2D eigenvalue weighted by Crippen LogP contribution is -2.61. The number of esters is 1. The quantitative estimate of drug-likeness (QED) is 0.468. The molecule has 4 rings (SSSR count). The highest BCUT2D eigenvalue weighted by Gasteiger charge is 2.59. The molecule has 1 fully saturated rings. The van der Waals surface area contributed by atoms with Crippen LogP contribution in [0.1, 0.15) is 12.0 Å². The first-order valence-corrected chi connectivity index (χ1v) is 8.11. The molecule has 21 heavy (non-hydrogen) atoms. The Morgan fingerprint density at radius 3 is 2.81 bits per heavy atom. The number of fused-ring (bicyclic) bond motifs is 2. The van der Waals surface area contributed by atoms with Crippen LogP contribution in [0.3, 0.4) is 0 Å². The van der Waals surface area contributed by atoms with Crippen LogP contribution in [0.5, 0.6) is 0 Å². The third-order valence-electron chi connectivity index (χ3n) is 4.54. The van der Waals surface area contributed by atoms with E-state index in [2.05, 4.69) is 58.4 Å². The second-order valence-corrected chi connectivity index (χ2v) is 7.05. The summed E-state index contributed by atoms with van der Waals surface area (Å²) < 4.78 is 5.38. The first-order valence-electron chi connectivity index (χ1n) is 7.20. The van der Waals surface area contributed by atoms with Crippen molar-refractivity contribution >= 4 is 32.7 Å². The number of carbonyl (C=O) groups excluding carboxylic acids is 1. The van der Waals surface area contributed by atoms with Crippen LogP contribution in [0.15, 0.2) is 54.6 Å². The van der Waals surface area contributed by atoms with Crippen molar-refractivity contribution in [3.05, 3.63) is 60.2 Å². The zero-order valence-electron chi connectivity index (χ0n) is 11.5. The van der Waals surface area contributed by atoms with Crippen LogP contribution in [-0.2, 0) is 16.0 Å². The van der Waals surface area contributed by atoms with Crippen LogP contribution in [0.4, 0.5) is 0 Å². The number of hydrogen-bond donors (Lipinski definition) is 0. The molecule has 0 radical (unpaired) electrons. The second-order valence-electron chi connectivity index (χ2n) is 5.88. The summed E-state index contributed by atoms with van der Waals surface area (Å²) in [6.07, 6.45) is 5.73. The third kappa shape index (κ3) is 1.95. The lowest BCUT2D eigenvalue weighted by atomic mass is 9.68. The van der Waals surface area contributed by atoms with E-state index in [0.29, 0.717) is 6.42 Å². The number of allylic oxidation sites excluding steroid dienone is 1. The Morgan fingerprint density at radius 1 is 1.19 bits per heavy atom. The van der Waals surface area contributed by atoms with E-state index in [4.69, 9.17) is 4.74 Å². The molecule has 0 amide bonds. The topological polar surface area (TPSA) is 26.3 Å². The summed E-state index contributed by atoms with van der Waals surface area (Å²) in [5.41, 5.74) is 0.705. The van der Waals surface area contributed by atoms with Crippen LogP contribution < -0.4 is 0 Å². The number of halogens is 1. The predicted molar refractivity (Wildman–Crippen MR) is 86.4 cm³/mol. The fraction of sp³-hybridized carbons (Fsp3) is 0.278. The Labute approximate surface area is 131 Å². The molecule has 106 valence electrons. The summed E-state index contributed by atoms with van der Waals surface area (Å²) in [5.74, 6) is -0.0962. The van der Waals surface area contributed by atoms with Crippen molar-refractivity contribution < 1.29 is 9.53 Å². The van der Waals surface area contributed by atoms with Gasteiger partial charge in [-0.2, -0.15) is 0 Å². The SMILES string of the molecule is O=C1O[C@@H]2[C@@H](Br)CC=C[C@]12Cc1ccc2ccccc2c1. The molecule has 1 saturated heterocycles. The van der Waals surface area contributed by atoms with Gasteiger partial charge in [-0.1, -0.05) is 70.5 Å². The van der Waals surface area contributed by atoms with Crippen LogP contribution in [-0.4, -0.2) is 16.9 Å². The third-order valence-corrected chi connectivity index (χ3v) is 5.39. The molecule has 0 N–H and O–H groups in total. The van der Waals surface area contributed by atoms with Crippen molar-refractivity contribution in [2.75, 3.05) is 0 Å². The Bertz CT molecular complexity index is 752. The zero-order valence-corrected chi connectivity index (χ0v) is 13.0. The molecular formula is C18H15BrO2. The van der Waals surface area contributed by atoms with E-state index in [1.165, 1.54) is 16.3 Å². The fourth-order valence-electron chi connectivity index (χ4n) is 3.40. The van der Waals surface area contributed by atoms with E-state index < -0.39 is 5.41 Å². The molecule has 3 heteroatoms. The predicted octanol–water partition coefficient (Wildman–Crippen LogP) is 4.02. The molecule has 2 aliphatic rings. The van der Waals surface area contributed by atoms with E-state index in [-0.39, 0.29) is 16.9 Å². The van der Waals surface area contributed by atoms with Crippen molar-refractivity contribution in [3.63, 3.8) is 0 Å². The van der Waals surface area contributed by atoms with Gasteiger partial charge >= 0.3 is 5.97 Å². The molecule has 2 aromatic carbocycles. The number of rotatable bonds is 2. The molecule has 0 unspecified atom stereocenters. The van der Waals surface area contributed by atoms with Gasteiger partial charge in [0.2, 0.25) is 0 Å². The minimum atomic E-state index is -0.477. The Morgan fingerprint density at radius 2 is 2.00 bits per heavy atom. The van der Waals surface area contributed by atoms with Gasteiger partial charge in [0.15, 0.2) is 0 Å². The molecule has 0 aromatic heterocycles. The summed E-state index contributed by atoms with van der Waals surface area (Å²) in [6.45, 7) is 0. The molecule has 0 spiro atoms. The van der Waals surface area contributed by atoms with E-state index in [1.54, 1.807) is 0 Å². The normalized spacial score (nSPS) is 30.6. The molecule has 3 atom stereocenters. The van der Waals surface area contributed by atoms with Gasteiger partial charge in [0.25, 0.3) is 0 Å². The van der Waals surface area contributed by atoms with Crippen molar-refractivity contribution in [2.45, 2.75) is 23.8 Å². The smallest absolute Gasteiger partial charge is 0.320 e. The van der Waals surface area contributed by atoms with Crippen molar-refractivity contribution in [1.29, 1.82) is 0 Å². The van der Waals surface area contributed by atoms with Crippen molar-refractivity contribution in [3.8, 4) is 0 Å². The Balaban J connectivity index is 1.71. The van der Waals surface area contributed by atoms with Crippen LogP contribution in [0, 0.1) is 5.41 Å². The maximum atomic E-state index is 12.1. The molecular weight excluding hydrogens is 328 g/mol. The summed E-state index contributed by atoms with van der Waals surface area (Å²) >= 11 is 3.63. The van der Waals surface area contributed by atoms with Gasteiger partial charge in [-0.3, -0.25) is 4.79 Å². The van der Waals surface area contributed by atoms with Crippen molar-refractivity contribution in [1.82, 2.24) is 0 Å². The molecule has 2 aromatic rings. The second kappa shape index (κ2) is 4.70. The molecule has 1 aliphatic heterocycles. The Hall–Kier alpha value is -1.61. The zero-order chi connectivity index (χ0) is 14.4. The maximum Gasteiger partial charge on any atom is 0.320 e. The van der Waals surface area contributed by atoms with Gasteiger partial charge in [-0.15, -0.1) is 0 Å². The summed E-state index contributed by atoms with van der Waals surface area (Å²) in [5, 5.41) is 2.44. The van der Waals surface area contributed by atoms with E-state index in [1.807, 2.05) is 12.1 Å². The lowest BCUT2D eigenvalue weighted by molar-refractivity contribution is -0.198. The number of benzene rings is 2. The number of hydrogen-bond acceptors (Lipinski definition) is 2. The average molecular weight is 343 g/mol. The first-order chi connectivity index (χ1) is 10.2. The molecule has 0 saturated carbocycles.